The highest BCUT2D eigenvalue weighted by Gasteiger charge is 2.23. The molecule has 19 heavy (non-hydrogen) atoms. The molecule has 1 aromatic heterocycles. The molecule has 5 nitrogen and oxygen atoms in total. The molecule has 0 spiro atoms. The van der Waals surface area contributed by atoms with Gasteiger partial charge in [-0.1, -0.05) is 18.2 Å². The monoisotopic (exact) mass is 258 g/mol. The van der Waals surface area contributed by atoms with Crippen LogP contribution in [0, 0.1) is 0 Å². The van der Waals surface area contributed by atoms with E-state index in [4.69, 9.17) is 0 Å². The summed E-state index contributed by atoms with van der Waals surface area (Å²) in [7, 11) is 0. The second-order valence-corrected chi connectivity index (χ2v) is 5.03. The maximum atomic E-state index is 12.3. The Bertz CT molecular complexity index is 559. The number of rotatable bonds is 2. The fourth-order valence-corrected chi connectivity index (χ4v) is 2.54. The maximum Gasteiger partial charge on any atom is 0.244 e. The van der Waals surface area contributed by atoms with Gasteiger partial charge in [0.05, 0.1) is 5.52 Å². The van der Waals surface area contributed by atoms with Crippen molar-refractivity contribution >= 4 is 16.8 Å². The zero-order chi connectivity index (χ0) is 13.2. The number of nitrogens with zero attached hydrogens (tertiary/aromatic N) is 3. The molecule has 1 amide bonds. The Morgan fingerprint density at radius 1 is 1.47 bits per heavy atom. The minimum absolute atomic E-state index is 0.141. The fourth-order valence-electron chi connectivity index (χ4n) is 2.54. The predicted molar refractivity (Wildman–Crippen MR) is 73.8 cm³/mol. The highest BCUT2D eigenvalue weighted by Crippen LogP contribution is 2.11. The molecule has 5 heteroatoms. The molecule has 0 unspecified atom stereocenters. The lowest BCUT2D eigenvalue weighted by atomic mass is 10.2. The lowest BCUT2D eigenvalue weighted by molar-refractivity contribution is -0.134. The van der Waals surface area contributed by atoms with E-state index in [9.17, 15) is 4.79 Å². The zero-order valence-corrected chi connectivity index (χ0v) is 11.0. The van der Waals surface area contributed by atoms with E-state index in [2.05, 4.69) is 17.3 Å². The van der Waals surface area contributed by atoms with Crippen LogP contribution >= 0.6 is 0 Å². The summed E-state index contributed by atoms with van der Waals surface area (Å²) in [6, 6.07) is 8.17. The lowest BCUT2D eigenvalue weighted by Gasteiger charge is -2.33. The van der Waals surface area contributed by atoms with Crippen LogP contribution in [0.4, 0.5) is 0 Å². The van der Waals surface area contributed by atoms with Gasteiger partial charge in [0.1, 0.15) is 6.54 Å². The van der Waals surface area contributed by atoms with Gasteiger partial charge in [-0.15, -0.1) is 0 Å². The molecule has 1 N–H and O–H groups in total. The van der Waals surface area contributed by atoms with Gasteiger partial charge in [-0.3, -0.25) is 9.48 Å². The minimum atomic E-state index is 0.141. The van der Waals surface area contributed by atoms with Gasteiger partial charge in [-0.25, -0.2) is 0 Å². The molecule has 0 radical (unpaired) electrons. The smallest absolute Gasteiger partial charge is 0.244 e. The third-order valence-corrected chi connectivity index (χ3v) is 3.58. The molecule has 1 saturated heterocycles. The number of nitrogens with one attached hydrogen (secondary N) is 1. The summed E-state index contributed by atoms with van der Waals surface area (Å²) in [5, 5.41) is 8.79. The average Bonchev–Trinajstić information content (AvgIpc) is 2.81. The Morgan fingerprint density at radius 2 is 2.32 bits per heavy atom. The number of hydrogen-bond donors (Lipinski definition) is 1. The first-order chi connectivity index (χ1) is 9.24. The standard InChI is InChI=1S/C14H18N4O/c1-11-8-15-6-7-18(11)14(19)10-17-9-12-4-2-3-5-13(12)16-17/h2-5,9,11,15H,6-8,10H2,1H3/t11-/m0/s1. The van der Waals surface area contributed by atoms with Crippen LogP contribution in [-0.2, 0) is 11.3 Å². The third kappa shape index (κ3) is 2.46. The summed E-state index contributed by atoms with van der Waals surface area (Å²) in [4.78, 5) is 14.2. The molecule has 100 valence electrons. The minimum Gasteiger partial charge on any atom is -0.336 e. The van der Waals surface area contributed by atoms with Crippen molar-refractivity contribution < 1.29 is 4.79 Å². The Morgan fingerprint density at radius 3 is 3.11 bits per heavy atom. The zero-order valence-electron chi connectivity index (χ0n) is 11.0. The molecular weight excluding hydrogens is 240 g/mol. The van der Waals surface area contributed by atoms with E-state index in [1.54, 1.807) is 4.68 Å². The Hall–Kier alpha value is -1.88. The van der Waals surface area contributed by atoms with Gasteiger partial charge in [-0.2, -0.15) is 5.10 Å². The number of piperazine rings is 1. The molecule has 3 rings (SSSR count). The molecule has 2 heterocycles. The van der Waals surface area contributed by atoms with Crippen LogP contribution in [0.2, 0.25) is 0 Å². The Balaban J connectivity index is 1.75. The normalized spacial score (nSPS) is 19.8. The van der Waals surface area contributed by atoms with Crippen LogP contribution in [0.3, 0.4) is 0 Å². The Kier molecular flexibility index (Phi) is 3.21. The summed E-state index contributed by atoms with van der Waals surface area (Å²) in [6.07, 6.45) is 1.93. The third-order valence-electron chi connectivity index (χ3n) is 3.58. The van der Waals surface area contributed by atoms with E-state index in [1.165, 1.54) is 0 Å². The first-order valence-corrected chi connectivity index (χ1v) is 6.66. The first kappa shape index (κ1) is 12.2. The highest BCUT2D eigenvalue weighted by atomic mass is 16.2. The second kappa shape index (κ2) is 5.01. The summed E-state index contributed by atoms with van der Waals surface area (Å²) in [6.45, 7) is 4.91. The molecule has 0 aliphatic carbocycles. The lowest BCUT2D eigenvalue weighted by Crippen LogP contribution is -2.53. The van der Waals surface area contributed by atoms with Gasteiger partial charge in [0.2, 0.25) is 5.91 Å². The molecular formula is C14H18N4O. The van der Waals surface area contributed by atoms with Gasteiger partial charge in [0.15, 0.2) is 0 Å². The molecule has 1 aliphatic heterocycles. The van der Waals surface area contributed by atoms with E-state index in [-0.39, 0.29) is 11.9 Å². The molecule has 1 aromatic carbocycles. The second-order valence-electron chi connectivity index (χ2n) is 5.03. The van der Waals surface area contributed by atoms with E-state index in [0.29, 0.717) is 6.54 Å². The topological polar surface area (TPSA) is 50.2 Å². The molecule has 1 fully saturated rings. The number of amides is 1. The Labute approximate surface area is 112 Å². The van der Waals surface area contributed by atoms with Gasteiger partial charge >= 0.3 is 0 Å². The maximum absolute atomic E-state index is 12.3. The summed E-state index contributed by atoms with van der Waals surface area (Å²) in [5.74, 6) is 0.141. The van der Waals surface area contributed by atoms with Crippen molar-refractivity contribution in [3.05, 3.63) is 30.5 Å². The van der Waals surface area contributed by atoms with Gasteiger partial charge < -0.3 is 10.2 Å². The van der Waals surface area contributed by atoms with E-state index >= 15 is 0 Å². The van der Waals surface area contributed by atoms with Gasteiger partial charge in [-0.05, 0) is 13.0 Å². The number of fused-ring (bicyclic) bond motifs is 1. The van der Waals surface area contributed by atoms with E-state index in [0.717, 1.165) is 30.5 Å². The fraction of sp³-hybridized carbons (Fsp3) is 0.429. The van der Waals surface area contributed by atoms with Crippen molar-refractivity contribution in [3.63, 3.8) is 0 Å². The number of carbonyl (C=O) groups excluding carboxylic acids is 1. The SMILES string of the molecule is C[C@H]1CNCCN1C(=O)Cn1cc2ccccc2n1. The summed E-state index contributed by atoms with van der Waals surface area (Å²) >= 11 is 0. The molecule has 2 aromatic rings. The molecule has 1 atom stereocenters. The van der Waals surface area contributed by atoms with Crippen LogP contribution in [-0.4, -0.2) is 46.3 Å². The number of hydrogen-bond acceptors (Lipinski definition) is 3. The van der Waals surface area contributed by atoms with Crippen LogP contribution in [0.5, 0.6) is 0 Å². The van der Waals surface area contributed by atoms with E-state index < -0.39 is 0 Å². The predicted octanol–water partition coefficient (Wildman–Crippen LogP) is 0.857. The van der Waals surface area contributed by atoms with Gasteiger partial charge in [0, 0.05) is 37.3 Å². The van der Waals surface area contributed by atoms with Crippen LogP contribution in [0.15, 0.2) is 30.5 Å². The highest BCUT2D eigenvalue weighted by molar-refractivity contribution is 5.80. The van der Waals surface area contributed by atoms with Crippen molar-refractivity contribution in [1.29, 1.82) is 0 Å². The van der Waals surface area contributed by atoms with Crippen molar-refractivity contribution in [2.75, 3.05) is 19.6 Å². The van der Waals surface area contributed by atoms with Crippen molar-refractivity contribution in [1.82, 2.24) is 20.0 Å². The van der Waals surface area contributed by atoms with Crippen molar-refractivity contribution in [3.8, 4) is 0 Å². The largest absolute Gasteiger partial charge is 0.336 e. The summed E-state index contributed by atoms with van der Waals surface area (Å²) < 4.78 is 1.74. The number of carbonyl (C=O) groups is 1. The van der Waals surface area contributed by atoms with E-state index in [1.807, 2.05) is 35.4 Å². The van der Waals surface area contributed by atoms with Gasteiger partial charge in [0.25, 0.3) is 0 Å². The quantitative estimate of drug-likeness (QED) is 0.869. The molecule has 1 aliphatic rings. The number of benzene rings is 1. The molecule has 0 saturated carbocycles. The van der Waals surface area contributed by atoms with Crippen LogP contribution in [0.25, 0.3) is 10.9 Å². The number of aromatic nitrogens is 2. The summed E-state index contributed by atoms with van der Waals surface area (Å²) in [5.41, 5.74) is 0.934. The van der Waals surface area contributed by atoms with Crippen molar-refractivity contribution in [2.45, 2.75) is 19.5 Å². The van der Waals surface area contributed by atoms with Crippen LogP contribution in [0.1, 0.15) is 6.92 Å². The van der Waals surface area contributed by atoms with Crippen molar-refractivity contribution in [2.24, 2.45) is 0 Å². The average molecular weight is 258 g/mol. The van der Waals surface area contributed by atoms with Crippen LogP contribution < -0.4 is 5.32 Å². The molecule has 0 bridgehead atoms. The first-order valence-electron chi connectivity index (χ1n) is 6.66.